The van der Waals surface area contributed by atoms with Crippen molar-refractivity contribution in [2.75, 3.05) is 5.73 Å². The lowest BCUT2D eigenvalue weighted by molar-refractivity contribution is -0.141. The summed E-state index contributed by atoms with van der Waals surface area (Å²) in [4.78, 5) is 5.82. The molecule has 0 aromatic carbocycles. The normalized spacial score (nSPS) is 14.1. The lowest BCUT2D eigenvalue weighted by Gasteiger charge is -2.03. The van der Waals surface area contributed by atoms with Crippen LogP contribution in [0.3, 0.4) is 0 Å². The summed E-state index contributed by atoms with van der Waals surface area (Å²) in [6.07, 6.45) is -6.48. The van der Waals surface area contributed by atoms with Crippen molar-refractivity contribution in [2.24, 2.45) is 0 Å². The van der Waals surface area contributed by atoms with Crippen LogP contribution in [0.5, 0.6) is 0 Å². The fourth-order valence-electron chi connectivity index (χ4n) is 0.435. The maximum atomic E-state index is 12.0. The third kappa shape index (κ3) is 1.79. The van der Waals surface area contributed by atoms with Crippen LogP contribution in [0.25, 0.3) is 0 Å². The Hall–Kier alpha value is -1.33. The van der Waals surface area contributed by atoms with Crippen LogP contribution >= 0.6 is 0 Å². The van der Waals surface area contributed by atoms with E-state index in [1.807, 2.05) is 0 Å². The van der Waals surface area contributed by atoms with Crippen molar-refractivity contribution in [3.63, 3.8) is 0 Å². The minimum Gasteiger partial charge on any atom is -0.382 e. The number of aromatic nitrogens is 2. The number of alkyl halides is 3. The Morgan fingerprint density at radius 3 is 2.64 bits per heavy atom. The van der Waals surface area contributed by atoms with Crippen molar-refractivity contribution in [3.8, 4) is 0 Å². The summed E-state index contributed by atoms with van der Waals surface area (Å²) in [7, 11) is 0. The van der Waals surface area contributed by atoms with Crippen LogP contribution in [0.1, 0.15) is 8.44 Å². The van der Waals surface area contributed by atoms with Gasteiger partial charge in [-0.05, 0) is 0 Å². The van der Waals surface area contributed by atoms with Gasteiger partial charge in [0.15, 0.2) is 5.69 Å². The highest BCUT2D eigenvalue weighted by molar-refractivity contribution is 5.24. The molecule has 6 heteroatoms. The first kappa shape index (κ1) is 5.34. The summed E-state index contributed by atoms with van der Waals surface area (Å²) >= 11 is 0. The second-order valence-electron chi connectivity index (χ2n) is 1.68. The smallest absolute Gasteiger partial charge is 0.382 e. The van der Waals surface area contributed by atoms with E-state index < -0.39 is 30.0 Å². The zero-order valence-corrected chi connectivity index (χ0v) is 5.11. The van der Waals surface area contributed by atoms with Crippen molar-refractivity contribution >= 4 is 5.82 Å². The Labute approximate surface area is 62.9 Å². The molecule has 0 radical (unpaired) electrons. The van der Waals surface area contributed by atoms with Gasteiger partial charge in [0, 0.05) is 0 Å². The van der Waals surface area contributed by atoms with Gasteiger partial charge < -0.3 is 5.73 Å². The average molecular weight is 165 g/mol. The van der Waals surface area contributed by atoms with Gasteiger partial charge in [-0.25, -0.2) is 4.98 Å². The topological polar surface area (TPSA) is 51.8 Å². The molecule has 0 fully saturated rings. The van der Waals surface area contributed by atoms with Crippen LogP contribution in [-0.4, -0.2) is 9.97 Å². The molecule has 0 atom stereocenters. The van der Waals surface area contributed by atoms with E-state index in [2.05, 4.69) is 9.97 Å². The standard InChI is InChI=1S/C5H4F3N3/c6-5(7,8)3-1-10-2-4(9)11-3/h1-2H,(H2,9,11)/i1D,2D. The van der Waals surface area contributed by atoms with Gasteiger partial charge >= 0.3 is 6.18 Å². The van der Waals surface area contributed by atoms with Gasteiger partial charge in [0.05, 0.1) is 15.1 Å². The summed E-state index contributed by atoms with van der Waals surface area (Å²) in [5.41, 5.74) is 3.47. The molecule has 0 saturated heterocycles. The van der Waals surface area contributed by atoms with Crippen molar-refractivity contribution in [2.45, 2.75) is 6.18 Å². The number of nitrogens with two attached hydrogens (primary N) is 1. The summed E-state index contributed by atoms with van der Waals surface area (Å²) < 4.78 is 49.7. The van der Waals surface area contributed by atoms with Crippen LogP contribution in [0.2, 0.25) is 0 Å². The lowest BCUT2D eigenvalue weighted by atomic mass is 10.4. The molecular weight excluding hydrogens is 159 g/mol. The monoisotopic (exact) mass is 165 g/mol. The zero-order chi connectivity index (χ0) is 10.2. The minimum atomic E-state index is -4.76. The van der Waals surface area contributed by atoms with Gasteiger partial charge in [-0.15, -0.1) is 0 Å². The molecule has 0 unspecified atom stereocenters. The highest BCUT2D eigenvalue weighted by Gasteiger charge is 2.32. The van der Waals surface area contributed by atoms with Gasteiger partial charge in [-0.3, -0.25) is 4.98 Å². The number of hydrogen-bond donors (Lipinski definition) is 1. The van der Waals surface area contributed by atoms with E-state index in [1.165, 1.54) is 0 Å². The van der Waals surface area contributed by atoms with Crippen LogP contribution in [-0.2, 0) is 6.18 Å². The molecule has 0 aliphatic carbocycles. The Morgan fingerprint density at radius 1 is 1.45 bits per heavy atom. The Bertz CT molecular complexity index is 339. The molecule has 1 heterocycles. The maximum Gasteiger partial charge on any atom is 0.434 e. The van der Waals surface area contributed by atoms with Gasteiger partial charge in [-0.2, -0.15) is 13.2 Å². The fraction of sp³-hybridized carbons (Fsp3) is 0.200. The van der Waals surface area contributed by atoms with E-state index in [4.69, 9.17) is 8.48 Å². The summed E-state index contributed by atoms with van der Waals surface area (Å²) in [6.45, 7) is 0. The van der Waals surface area contributed by atoms with Crippen molar-refractivity contribution < 1.29 is 15.9 Å². The first-order chi connectivity index (χ1) is 5.82. The maximum absolute atomic E-state index is 12.0. The molecule has 0 aliphatic rings. The molecule has 0 bridgehead atoms. The first-order valence-electron chi connectivity index (χ1n) is 3.50. The number of nitrogen functional groups attached to an aromatic ring is 1. The number of nitrogens with zero attached hydrogens (tertiary/aromatic N) is 2. The van der Waals surface area contributed by atoms with Crippen LogP contribution < -0.4 is 5.73 Å². The van der Waals surface area contributed by atoms with Crippen molar-refractivity contribution in [1.29, 1.82) is 0 Å². The summed E-state index contributed by atoms with van der Waals surface area (Å²) in [6, 6.07) is 0. The molecular formula is C5H4F3N3. The third-order valence-electron chi connectivity index (χ3n) is 0.833. The predicted octanol–water partition coefficient (Wildman–Crippen LogP) is 1.08. The van der Waals surface area contributed by atoms with E-state index in [-0.39, 0.29) is 0 Å². The number of hydrogen-bond acceptors (Lipinski definition) is 3. The molecule has 0 saturated carbocycles. The summed E-state index contributed by atoms with van der Waals surface area (Å²) in [5.74, 6) is -0.636. The third-order valence-corrected chi connectivity index (χ3v) is 0.833. The molecule has 11 heavy (non-hydrogen) atoms. The lowest BCUT2D eigenvalue weighted by Crippen LogP contribution is -2.09. The highest BCUT2D eigenvalue weighted by Crippen LogP contribution is 2.26. The van der Waals surface area contributed by atoms with E-state index in [1.54, 1.807) is 0 Å². The average Bonchev–Trinajstić information content (AvgIpc) is 1.94. The van der Waals surface area contributed by atoms with Gasteiger partial charge in [0.1, 0.15) is 5.82 Å². The predicted molar refractivity (Wildman–Crippen MR) is 31.4 cm³/mol. The summed E-state index contributed by atoms with van der Waals surface area (Å²) in [5, 5.41) is 0. The molecule has 0 spiro atoms. The number of rotatable bonds is 0. The molecule has 1 rings (SSSR count). The molecule has 1 aromatic rings. The molecule has 0 aliphatic heterocycles. The van der Waals surface area contributed by atoms with Crippen LogP contribution in [0.15, 0.2) is 12.3 Å². The fourth-order valence-corrected chi connectivity index (χ4v) is 0.435. The molecule has 60 valence electrons. The largest absolute Gasteiger partial charge is 0.434 e. The molecule has 1 aromatic heterocycles. The van der Waals surface area contributed by atoms with E-state index in [0.29, 0.717) is 0 Å². The Balaban J connectivity index is 3.32. The Kier molecular flexibility index (Phi) is 1.15. The number of anilines is 1. The van der Waals surface area contributed by atoms with E-state index >= 15 is 0 Å². The SMILES string of the molecule is [2H]c1nc([2H])c(C(F)(F)F)nc1N. The number of halogens is 3. The second kappa shape index (κ2) is 2.37. The van der Waals surface area contributed by atoms with E-state index in [9.17, 15) is 13.2 Å². The quantitative estimate of drug-likeness (QED) is 0.625. The van der Waals surface area contributed by atoms with E-state index in [0.717, 1.165) is 0 Å². The minimum absolute atomic E-state index is 0.627. The Morgan fingerprint density at radius 2 is 2.09 bits per heavy atom. The van der Waals surface area contributed by atoms with Crippen LogP contribution in [0.4, 0.5) is 19.0 Å². The molecule has 3 nitrogen and oxygen atoms in total. The van der Waals surface area contributed by atoms with Crippen molar-refractivity contribution in [3.05, 3.63) is 18.0 Å². The van der Waals surface area contributed by atoms with Gasteiger partial charge in [-0.1, -0.05) is 0 Å². The van der Waals surface area contributed by atoms with Crippen LogP contribution in [0, 0.1) is 0 Å². The van der Waals surface area contributed by atoms with Crippen molar-refractivity contribution in [1.82, 2.24) is 9.97 Å². The van der Waals surface area contributed by atoms with Gasteiger partial charge in [0.2, 0.25) is 0 Å². The van der Waals surface area contributed by atoms with Gasteiger partial charge in [0.25, 0.3) is 0 Å². The molecule has 2 N–H and O–H groups in total. The highest BCUT2D eigenvalue weighted by atomic mass is 19.4. The zero-order valence-electron chi connectivity index (χ0n) is 7.11. The second-order valence-corrected chi connectivity index (χ2v) is 1.68. The molecule has 0 amide bonds. The first-order valence-corrected chi connectivity index (χ1v) is 2.50.